The van der Waals surface area contributed by atoms with Crippen LogP contribution in [0.25, 0.3) is 0 Å². The van der Waals surface area contributed by atoms with Crippen LogP contribution >= 0.6 is 34.2 Å². The second-order valence-corrected chi connectivity index (χ2v) is 5.67. The number of rotatable bonds is 6. The van der Waals surface area contributed by atoms with Gasteiger partial charge in [0.15, 0.2) is 0 Å². The zero-order valence-corrected chi connectivity index (χ0v) is 13.4. The minimum atomic E-state index is 0.558. The zero-order valence-electron chi connectivity index (χ0n) is 10.5. The van der Waals surface area contributed by atoms with Crippen LogP contribution in [0.4, 0.5) is 0 Å². The summed E-state index contributed by atoms with van der Waals surface area (Å²) in [7, 11) is 0. The average molecular weight is 369 g/mol. The van der Waals surface area contributed by atoms with E-state index in [0.717, 1.165) is 34.5 Å². The van der Waals surface area contributed by atoms with Crippen molar-refractivity contribution in [2.75, 3.05) is 13.2 Å². The van der Waals surface area contributed by atoms with E-state index >= 15 is 0 Å². The van der Waals surface area contributed by atoms with E-state index in [-0.39, 0.29) is 0 Å². The van der Waals surface area contributed by atoms with Gasteiger partial charge in [0.1, 0.15) is 11.0 Å². The highest BCUT2D eigenvalue weighted by Gasteiger charge is 2.11. The van der Waals surface area contributed by atoms with Gasteiger partial charge < -0.3 is 4.74 Å². The van der Waals surface area contributed by atoms with Crippen LogP contribution in [0.15, 0.2) is 0 Å². The number of aromatic nitrogens is 2. The van der Waals surface area contributed by atoms with Crippen molar-refractivity contribution in [2.45, 2.75) is 33.6 Å². The molecule has 3 nitrogen and oxygen atoms in total. The molecule has 0 bridgehead atoms. The first-order valence-corrected chi connectivity index (χ1v) is 7.28. The summed E-state index contributed by atoms with van der Waals surface area (Å²) in [4.78, 5) is 8.84. The molecule has 0 aliphatic heterocycles. The monoisotopic (exact) mass is 368 g/mol. The van der Waals surface area contributed by atoms with Crippen molar-refractivity contribution in [1.82, 2.24) is 9.97 Å². The van der Waals surface area contributed by atoms with Gasteiger partial charge in [-0.1, -0.05) is 25.4 Å². The Morgan fingerprint density at radius 1 is 1.35 bits per heavy atom. The van der Waals surface area contributed by atoms with Gasteiger partial charge in [-0.3, -0.25) is 0 Å². The van der Waals surface area contributed by atoms with E-state index in [4.69, 9.17) is 16.3 Å². The van der Waals surface area contributed by atoms with Crippen molar-refractivity contribution in [3.05, 3.63) is 20.2 Å². The summed E-state index contributed by atoms with van der Waals surface area (Å²) in [5.74, 6) is 1.34. The number of hydrogen-bond acceptors (Lipinski definition) is 3. The van der Waals surface area contributed by atoms with Crippen LogP contribution in [0.1, 0.15) is 32.3 Å². The lowest BCUT2D eigenvalue weighted by Crippen LogP contribution is -2.09. The van der Waals surface area contributed by atoms with Crippen molar-refractivity contribution in [2.24, 2.45) is 5.92 Å². The van der Waals surface area contributed by atoms with Crippen molar-refractivity contribution in [1.29, 1.82) is 0 Å². The van der Waals surface area contributed by atoms with E-state index in [1.807, 2.05) is 6.92 Å². The fourth-order valence-electron chi connectivity index (χ4n) is 1.45. The lowest BCUT2D eigenvalue weighted by molar-refractivity contribution is 0.149. The molecule has 0 saturated carbocycles. The second kappa shape index (κ2) is 7.48. The molecule has 0 fully saturated rings. The molecule has 0 aromatic carbocycles. The third kappa shape index (κ3) is 5.06. The van der Waals surface area contributed by atoms with Crippen LogP contribution in [0.3, 0.4) is 0 Å². The third-order valence-electron chi connectivity index (χ3n) is 2.20. The van der Waals surface area contributed by atoms with E-state index < -0.39 is 0 Å². The fraction of sp³-hybridized carbons (Fsp3) is 0.667. The van der Waals surface area contributed by atoms with Gasteiger partial charge in [0.2, 0.25) is 0 Å². The van der Waals surface area contributed by atoms with Gasteiger partial charge in [-0.05, 0) is 41.9 Å². The minimum Gasteiger partial charge on any atom is -0.381 e. The Bertz CT molecular complexity index is 372. The molecule has 5 heteroatoms. The molecule has 0 aliphatic rings. The van der Waals surface area contributed by atoms with Crippen molar-refractivity contribution >= 4 is 34.2 Å². The van der Waals surface area contributed by atoms with Crippen LogP contribution in [-0.4, -0.2) is 23.2 Å². The summed E-state index contributed by atoms with van der Waals surface area (Å²) >= 11 is 8.33. The molecule has 1 rings (SSSR count). The predicted molar refractivity (Wildman–Crippen MR) is 78.5 cm³/mol. The molecular weight excluding hydrogens is 351 g/mol. The number of hydrogen-bond donors (Lipinski definition) is 0. The molecule has 96 valence electrons. The molecule has 0 unspecified atom stereocenters. The highest BCUT2D eigenvalue weighted by molar-refractivity contribution is 14.1. The Labute approximate surface area is 121 Å². The summed E-state index contributed by atoms with van der Waals surface area (Å²) in [5, 5.41) is 0.558. The molecule has 1 aromatic rings. The second-order valence-electron chi connectivity index (χ2n) is 4.24. The first kappa shape index (κ1) is 15.1. The quantitative estimate of drug-likeness (QED) is 0.438. The molecule has 1 heterocycles. The summed E-state index contributed by atoms with van der Waals surface area (Å²) in [6.45, 7) is 7.69. The molecule has 0 amide bonds. The molecule has 0 aliphatic carbocycles. The van der Waals surface area contributed by atoms with E-state index in [9.17, 15) is 0 Å². The third-order valence-corrected chi connectivity index (χ3v) is 3.93. The van der Waals surface area contributed by atoms with Gasteiger partial charge >= 0.3 is 0 Å². The van der Waals surface area contributed by atoms with Crippen molar-refractivity contribution < 1.29 is 4.74 Å². The summed E-state index contributed by atoms with van der Waals surface area (Å²) < 4.78 is 6.27. The van der Waals surface area contributed by atoms with E-state index in [1.165, 1.54) is 0 Å². The first-order valence-electron chi connectivity index (χ1n) is 5.83. The molecular formula is C12H18ClIN2O. The smallest absolute Gasteiger partial charge is 0.146 e. The largest absolute Gasteiger partial charge is 0.381 e. The van der Waals surface area contributed by atoms with E-state index in [1.54, 1.807) is 0 Å². The maximum atomic E-state index is 6.12. The molecule has 17 heavy (non-hydrogen) atoms. The Morgan fingerprint density at radius 3 is 2.65 bits per heavy atom. The topological polar surface area (TPSA) is 35.0 Å². The van der Waals surface area contributed by atoms with Crippen LogP contribution in [0, 0.1) is 9.49 Å². The summed E-state index contributed by atoms with van der Waals surface area (Å²) in [5.41, 5.74) is 1.05. The van der Waals surface area contributed by atoms with Gasteiger partial charge in [0.05, 0.1) is 15.9 Å². The Hall–Kier alpha value is 0.0600. The normalized spacial score (nSPS) is 11.2. The number of ether oxygens (including phenoxy) is 1. The van der Waals surface area contributed by atoms with Crippen LogP contribution in [0.5, 0.6) is 0 Å². The van der Waals surface area contributed by atoms with Gasteiger partial charge in [0.25, 0.3) is 0 Å². The standard InChI is InChI=1S/C12H18ClIN2O/c1-4-17-6-5-10-15-9(7-8(2)3)11(14)12(13)16-10/h8H,4-7H2,1-3H3. The van der Waals surface area contributed by atoms with Gasteiger partial charge in [-0.2, -0.15) is 0 Å². The van der Waals surface area contributed by atoms with Gasteiger partial charge in [-0.25, -0.2) is 9.97 Å². The molecule has 0 radical (unpaired) electrons. The highest BCUT2D eigenvalue weighted by Crippen LogP contribution is 2.21. The van der Waals surface area contributed by atoms with Gasteiger partial charge in [-0.15, -0.1) is 0 Å². The molecule has 0 atom stereocenters. The highest BCUT2D eigenvalue weighted by atomic mass is 127. The SMILES string of the molecule is CCOCCc1nc(Cl)c(I)c(CC(C)C)n1. The van der Waals surface area contributed by atoms with Gasteiger partial charge in [0, 0.05) is 13.0 Å². The first-order chi connectivity index (χ1) is 8.04. The minimum absolute atomic E-state index is 0.558. The summed E-state index contributed by atoms with van der Waals surface area (Å²) in [6, 6.07) is 0. The van der Waals surface area contributed by atoms with E-state index in [0.29, 0.717) is 17.7 Å². The number of halogens is 2. The Morgan fingerprint density at radius 2 is 2.06 bits per heavy atom. The zero-order chi connectivity index (χ0) is 12.8. The molecule has 0 spiro atoms. The molecule has 0 N–H and O–H groups in total. The lowest BCUT2D eigenvalue weighted by Gasteiger charge is -2.10. The molecule has 1 aromatic heterocycles. The fourth-order valence-corrected chi connectivity index (χ4v) is 2.12. The molecule has 0 saturated heterocycles. The Balaban J connectivity index is 2.82. The maximum absolute atomic E-state index is 6.12. The average Bonchev–Trinajstić information content (AvgIpc) is 2.25. The van der Waals surface area contributed by atoms with E-state index in [2.05, 4.69) is 46.4 Å². The van der Waals surface area contributed by atoms with Crippen molar-refractivity contribution in [3.8, 4) is 0 Å². The lowest BCUT2D eigenvalue weighted by atomic mass is 10.1. The predicted octanol–water partition coefficient (Wildman–Crippen LogP) is 3.51. The summed E-state index contributed by atoms with van der Waals surface area (Å²) in [6.07, 6.45) is 1.65. The number of nitrogens with zero attached hydrogens (tertiary/aromatic N) is 2. The maximum Gasteiger partial charge on any atom is 0.146 e. The van der Waals surface area contributed by atoms with Crippen LogP contribution in [-0.2, 0) is 17.6 Å². The Kier molecular flexibility index (Phi) is 6.66. The van der Waals surface area contributed by atoms with Crippen LogP contribution < -0.4 is 0 Å². The van der Waals surface area contributed by atoms with Crippen LogP contribution in [0.2, 0.25) is 5.15 Å². The van der Waals surface area contributed by atoms with Crippen molar-refractivity contribution in [3.63, 3.8) is 0 Å².